The molecule has 1 amide bonds. The molecule has 0 aliphatic rings. The van der Waals surface area contributed by atoms with Gasteiger partial charge in [-0.3, -0.25) is 4.79 Å². The Morgan fingerprint density at radius 3 is 2.38 bits per heavy atom. The maximum Gasteiger partial charge on any atom is 0.242 e. The zero-order valence-corrected chi connectivity index (χ0v) is 17.2. The van der Waals surface area contributed by atoms with Gasteiger partial charge in [0.25, 0.3) is 0 Å². The molecule has 2 aromatic rings. The molecule has 2 rings (SSSR count). The number of anilines is 1. The predicted molar refractivity (Wildman–Crippen MR) is 107 cm³/mol. The molecule has 0 saturated heterocycles. The fraction of sp³-hybridized carbons (Fsp3) is 0.316. The van der Waals surface area contributed by atoms with Gasteiger partial charge in [0.05, 0.1) is 10.1 Å². The number of benzene rings is 2. The van der Waals surface area contributed by atoms with E-state index in [1.807, 2.05) is 26.0 Å². The summed E-state index contributed by atoms with van der Waals surface area (Å²) in [5, 5.41) is 2.48. The zero-order valence-electron chi connectivity index (χ0n) is 15.6. The molecule has 2 aromatic carbocycles. The Hall–Kier alpha value is -1.83. The average Bonchev–Trinajstić information content (AvgIpc) is 2.58. The lowest BCUT2D eigenvalue weighted by Gasteiger charge is -2.15. The number of rotatable bonds is 6. The molecule has 0 radical (unpaired) electrons. The first-order valence-corrected chi connectivity index (χ1v) is 10.5. The van der Waals surface area contributed by atoms with Gasteiger partial charge >= 0.3 is 0 Å². The monoisotopic (exact) mass is 392 g/mol. The molecule has 0 unspecified atom stereocenters. The van der Waals surface area contributed by atoms with E-state index in [4.69, 9.17) is 0 Å². The van der Waals surface area contributed by atoms with Gasteiger partial charge in [0.15, 0.2) is 0 Å². The minimum atomic E-state index is -3.54. The molecule has 0 fully saturated rings. The Morgan fingerprint density at radius 2 is 1.77 bits per heavy atom. The van der Waals surface area contributed by atoms with E-state index in [-0.39, 0.29) is 16.1 Å². The molecule has 5 nitrogen and oxygen atoms in total. The second-order valence-corrected chi connectivity index (χ2v) is 9.88. The van der Waals surface area contributed by atoms with Crippen LogP contribution in [0.2, 0.25) is 0 Å². The number of amides is 1. The summed E-state index contributed by atoms with van der Waals surface area (Å²) in [6, 6.07) is 12.4. The van der Waals surface area contributed by atoms with Crippen LogP contribution in [0.5, 0.6) is 0 Å². The molecule has 0 aliphatic heterocycles. The van der Waals surface area contributed by atoms with Crippen LogP contribution in [-0.4, -0.2) is 38.0 Å². The third-order valence-corrected chi connectivity index (χ3v) is 6.95. The first-order valence-electron chi connectivity index (χ1n) is 8.18. The van der Waals surface area contributed by atoms with Crippen molar-refractivity contribution in [1.82, 2.24) is 4.31 Å². The van der Waals surface area contributed by atoms with Crippen LogP contribution < -0.4 is 5.32 Å². The normalized spacial score (nSPS) is 12.8. The summed E-state index contributed by atoms with van der Waals surface area (Å²) in [6.45, 7) is 5.92. The van der Waals surface area contributed by atoms with E-state index < -0.39 is 10.0 Å². The third kappa shape index (κ3) is 4.87. The van der Waals surface area contributed by atoms with Gasteiger partial charge < -0.3 is 5.32 Å². The topological polar surface area (TPSA) is 66.5 Å². The highest BCUT2D eigenvalue weighted by molar-refractivity contribution is 8.00. The molecule has 0 saturated carbocycles. The molecule has 0 aliphatic carbocycles. The van der Waals surface area contributed by atoms with Crippen molar-refractivity contribution in [2.45, 2.75) is 35.8 Å². The van der Waals surface area contributed by atoms with Gasteiger partial charge in [0.2, 0.25) is 15.9 Å². The van der Waals surface area contributed by atoms with Crippen molar-refractivity contribution >= 4 is 33.4 Å². The molecule has 26 heavy (non-hydrogen) atoms. The zero-order chi connectivity index (χ0) is 19.5. The number of carbonyl (C=O) groups is 1. The summed E-state index contributed by atoms with van der Waals surface area (Å²) in [5.74, 6) is -0.173. The minimum absolute atomic E-state index is 0.148. The van der Waals surface area contributed by atoms with Crippen LogP contribution in [0.25, 0.3) is 0 Å². The highest BCUT2D eigenvalue weighted by atomic mass is 32.2. The Morgan fingerprint density at radius 1 is 1.08 bits per heavy atom. The number of carbonyl (C=O) groups excluding carboxylic acids is 1. The van der Waals surface area contributed by atoms with E-state index >= 15 is 0 Å². The summed E-state index contributed by atoms with van der Waals surface area (Å²) in [4.78, 5) is 13.6. The lowest BCUT2D eigenvalue weighted by Crippen LogP contribution is -2.24. The molecule has 0 bridgehead atoms. The molecule has 0 spiro atoms. The van der Waals surface area contributed by atoms with Crippen LogP contribution in [-0.2, 0) is 14.8 Å². The van der Waals surface area contributed by atoms with Crippen molar-refractivity contribution in [2.24, 2.45) is 0 Å². The average molecular weight is 393 g/mol. The number of hydrogen-bond donors (Lipinski definition) is 1. The van der Waals surface area contributed by atoms with E-state index in [0.717, 1.165) is 9.20 Å². The van der Waals surface area contributed by atoms with Crippen molar-refractivity contribution in [1.29, 1.82) is 0 Å². The summed E-state index contributed by atoms with van der Waals surface area (Å²) in [7, 11) is -0.586. The second-order valence-electron chi connectivity index (χ2n) is 6.31. The summed E-state index contributed by atoms with van der Waals surface area (Å²) in [6.07, 6.45) is 0. The van der Waals surface area contributed by atoms with Crippen LogP contribution in [0.3, 0.4) is 0 Å². The van der Waals surface area contributed by atoms with Crippen LogP contribution in [0, 0.1) is 13.8 Å². The first-order chi connectivity index (χ1) is 12.1. The second kappa shape index (κ2) is 8.24. The number of aryl methyl sites for hydroxylation is 2. The minimum Gasteiger partial charge on any atom is -0.325 e. The van der Waals surface area contributed by atoms with Crippen molar-refractivity contribution in [2.75, 3.05) is 19.4 Å². The fourth-order valence-corrected chi connectivity index (χ4v) is 4.15. The smallest absolute Gasteiger partial charge is 0.242 e. The molecule has 0 heterocycles. The van der Waals surface area contributed by atoms with Crippen LogP contribution in [0.4, 0.5) is 5.69 Å². The molecule has 7 heteroatoms. The lowest BCUT2D eigenvalue weighted by atomic mass is 10.1. The van der Waals surface area contributed by atoms with Gasteiger partial charge in [-0.2, -0.15) is 0 Å². The molecule has 1 N–H and O–H groups in total. The number of nitrogens with zero attached hydrogens (tertiary/aromatic N) is 1. The molecule has 0 aromatic heterocycles. The number of sulfonamides is 1. The maximum absolute atomic E-state index is 12.5. The predicted octanol–water partition coefficient (Wildman–Crippen LogP) is 3.67. The first kappa shape index (κ1) is 20.5. The molecular weight excluding hydrogens is 368 g/mol. The summed E-state index contributed by atoms with van der Waals surface area (Å²) in [5.41, 5.74) is 2.86. The Kier molecular flexibility index (Phi) is 6.49. The van der Waals surface area contributed by atoms with Crippen LogP contribution in [0.1, 0.15) is 18.1 Å². The van der Waals surface area contributed by atoms with Crippen molar-refractivity contribution in [3.63, 3.8) is 0 Å². The van der Waals surface area contributed by atoms with Crippen molar-refractivity contribution in [3.8, 4) is 0 Å². The van der Waals surface area contributed by atoms with Gasteiger partial charge in [0, 0.05) is 24.7 Å². The SMILES string of the molecule is Cc1ccc(S[C@@H](C)C(=O)Nc2cccc(S(=O)(=O)N(C)C)c2)cc1C. The fourth-order valence-electron chi connectivity index (χ4n) is 2.23. The van der Waals surface area contributed by atoms with E-state index in [1.54, 1.807) is 12.1 Å². The molecular formula is C19H24N2O3S2. The summed E-state index contributed by atoms with van der Waals surface area (Å²) < 4.78 is 25.6. The molecule has 1 atom stereocenters. The highest BCUT2D eigenvalue weighted by Gasteiger charge is 2.19. The van der Waals surface area contributed by atoms with Gasteiger partial charge in [-0.05, 0) is 62.2 Å². The lowest BCUT2D eigenvalue weighted by molar-refractivity contribution is -0.115. The maximum atomic E-state index is 12.5. The van der Waals surface area contributed by atoms with Crippen LogP contribution >= 0.6 is 11.8 Å². The quantitative estimate of drug-likeness (QED) is 0.762. The Labute approximate surface area is 159 Å². The van der Waals surface area contributed by atoms with Gasteiger partial charge in [-0.15, -0.1) is 11.8 Å². The van der Waals surface area contributed by atoms with Crippen molar-refractivity contribution < 1.29 is 13.2 Å². The van der Waals surface area contributed by atoms with Crippen molar-refractivity contribution in [3.05, 3.63) is 53.6 Å². The Bertz CT molecular complexity index is 909. The third-order valence-electron chi connectivity index (χ3n) is 4.04. The van der Waals surface area contributed by atoms with Gasteiger partial charge in [-0.1, -0.05) is 12.1 Å². The summed E-state index contributed by atoms with van der Waals surface area (Å²) >= 11 is 1.47. The number of nitrogens with one attached hydrogen (secondary N) is 1. The van der Waals surface area contributed by atoms with Gasteiger partial charge in [0.1, 0.15) is 0 Å². The van der Waals surface area contributed by atoms with Gasteiger partial charge in [-0.25, -0.2) is 12.7 Å². The molecule has 140 valence electrons. The van der Waals surface area contributed by atoms with E-state index in [2.05, 4.69) is 18.3 Å². The largest absolute Gasteiger partial charge is 0.325 e. The van der Waals surface area contributed by atoms with E-state index in [0.29, 0.717) is 5.69 Å². The van der Waals surface area contributed by atoms with E-state index in [9.17, 15) is 13.2 Å². The number of thioether (sulfide) groups is 1. The Balaban J connectivity index is 2.10. The van der Waals surface area contributed by atoms with Crippen LogP contribution in [0.15, 0.2) is 52.3 Å². The number of hydrogen-bond acceptors (Lipinski definition) is 4. The van der Waals surface area contributed by atoms with E-state index in [1.165, 1.54) is 49.1 Å². The standard InChI is InChI=1S/C19H24N2O3S2/c1-13-9-10-17(11-14(13)2)25-15(3)19(22)20-16-7-6-8-18(12-16)26(23,24)21(4)5/h6-12,15H,1-5H3,(H,20,22)/t15-/m0/s1. The highest BCUT2D eigenvalue weighted by Crippen LogP contribution is 2.26.